The fourth-order valence-electron chi connectivity index (χ4n) is 2.20. The Kier molecular flexibility index (Phi) is 6.52. The standard InChI is InChI=1S/C13H26N2O2/c1-3-6-13(17)15-8-5-7-14(9-10-15)11-12(16)4-2/h12,16H,3-11H2,1-2H3/t12-/m1/s1. The molecule has 1 fully saturated rings. The molecule has 1 saturated heterocycles. The third-order valence-electron chi connectivity index (χ3n) is 3.35. The monoisotopic (exact) mass is 242 g/mol. The fraction of sp³-hybridized carbons (Fsp3) is 0.923. The van der Waals surface area contributed by atoms with E-state index in [1.807, 2.05) is 18.7 Å². The zero-order valence-corrected chi connectivity index (χ0v) is 11.2. The molecule has 4 nitrogen and oxygen atoms in total. The average Bonchev–Trinajstić information content (AvgIpc) is 2.55. The summed E-state index contributed by atoms with van der Waals surface area (Å²) in [4.78, 5) is 16.0. The van der Waals surface area contributed by atoms with Crippen LogP contribution in [0.1, 0.15) is 39.5 Å². The molecule has 1 atom stereocenters. The maximum absolute atomic E-state index is 11.8. The average molecular weight is 242 g/mol. The number of aliphatic hydroxyl groups excluding tert-OH is 1. The first-order valence-electron chi connectivity index (χ1n) is 6.85. The lowest BCUT2D eigenvalue weighted by Crippen LogP contribution is -2.37. The Morgan fingerprint density at radius 1 is 1.24 bits per heavy atom. The normalized spacial score (nSPS) is 20.1. The van der Waals surface area contributed by atoms with Crippen LogP contribution in [0.2, 0.25) is 0 Å². The molecule has 17 heavy (non-hydrogen) atoms. The van der Waals surface area contributed by atoms with Crippen LogP contribution in [-0.4, -0.2) is 59.6 Å². The van der Waals surface area contributed by atoms with Crippen LogP contribution in [0.15, 0.2) is 0 Å². The summed E-state index contributed by atoms with van der Waals surface area (Å²) in [5.41, 5.74) is 0. The summed E-state index contributed by atoms with van der Waals surface area (Å²) in [6.45, 7) is 8.36. The first kappa shape index (κ1) is 14.5. The smallest absolute Gasteiger partial charge is 0.222 e. The molecule has 0 aromatic carbocycles. The lowest BCUT2D eigenvalue weighted by Gasteiger charge is -2.23. The Balaban J connectivity index is 2.36. The molecule has 0 unspecified atom stereocenters. The Morgan fingerprint density at radius 2 is 2.00 bits per heavy atom. The SMILES string of the molecule is CCCC(=O)N1CCCN(C[C@H](O)CC)CC1. The summed E-state index contributed by atoms with van der Waals surface area (Å²) in [6, 6.07) is 0. The van der Waals surface area contributed by atoms with Gasteiger partial charge in [-0.25, -0.2) is 0 Å². The summed E-state index contributed by atoms with van der Waals surface area (Å²) in [6.07, 6.45) is 3.18. The summed E-state index contributed by atoms with van der Waals surface area (Å²) >= 11 is 0. The van der Waals surface area contributed by atoms with Crippen molar-refractivity contribution in [2.24, 2.45) is 0 Å². The van der Waals surface area contributed by atoms with Gasteiger partial charge in [0, 0.05) is 32.6 Å². The maximum Gasteiger partial charge on any atom is 0.222 e. The third-order valence-corrected chi connectivity index (χ3v) is 3.35. The van der Waals surface area contributed by atoms with Gasteiger partial charge in [-0.1, -0.05) is 13.8 Å². The van der Waals surface area contributed by atoms with E-state index in [1.165, 1.54) is 0 Å². The molecule has 1 aliphatic rings. The molecule has 1 aliphatic heterocycles. The minimum absolute atomic E-state index is 0.229. The predicted octanol–water partition coefficient (Wildman–Crippen LogP) is 1.09. The maximum atomic E-state index is 11.8. The minimum atomic E-state index is -0.229. The second kappa shape index (κ2) is 7.67. The molecule has 0 bridgehead atoms. The number of amides is 1. The number of hydrogen-bond donors (Lipinski definition) is 1. The van der Waals surface area contributed by atoms with Crippen molar-refractivity contribution in [2.75, 3.05) is 32.7 Å². The van der Waals surface area contributed by atoms with E-state index < -0.39 is 0 Å². The molecule has 1 heterocycles. The summed E-state index contributed by atoms with van der Waals surface area (Å²) in [5, 5.41) is 9.64. The first-order valence-corrected chi connectivity index (χ1v) is 6.85. The topological polar surface area (TPSA) is 43.8 Å². The van der Waals surface area contributed by atoms with Gasteiger partial charge in [0.1, 0.15) is 0 Å². The van der Waals surface area contributed by atoms with Crippen molar-refractivity contribution in [3.8, 4) is 0 Å². The van der Waals surface area contributed by atoms with E-state index in [0.717, 1.165) is 52.0 Å². The van der Waals surface area contributed by atoms with Crippen LogP contribution in [0.3, 0.4) is 0 Å². The fourth-order valence-corrected chi connectivity index (χ4v) is 2.20. The van der Waals surface area contributed by atoms with Crippen molar-refractivity contribution in [2.45, 2.75) is 45.6 Å². The predicted molar refractivity (Wildman–Crippen MR) is 68.8 cm³/mol. The Labute approximate surface area is 105 Å². The molecule has 4 heteroatoms. The van der Waals surface area contributed by atoms with E-state index in [0.29, 0.717) is 6.42 Å². The highest BCUT2D eigenvalue weighted by Gasteiger charge is 2.19. The number of aliphatic hydroxyl groups is 1. The number of rotatable bonds is 5. The van der Waals surface area contributed by atoms with Crippen molar-refractivity contribution in [3.05, 3.63) is 0 Å². The lowest BCUT2D eigenvalue weighted by molar-refractivity contribution is -0.131. The van der Waals surface area contributed by atoms with Crippen LogP contribution < -0.4 is 0 Å². The van der Waals surface area contributed by atoms with Crippen molar-refractivity contribution < 1.29 is 9.90 Å². The van der Waals surface area contributed by atoms with E-state index >= 15 is 0 Å². The third kappa shape index (κ3) is 5.04. The summed E-state index contributed by atoms with van der Waals surface area (Å²) in [5.74, 6) is 0.283. The van der Waals surface area contributed by atoms with Crippen molar-refractivity contribution in [1.29, 1.82) is 0 Å². The summed E-state index contributed by atoms with van der Waals surface area (Å²) in [7, 11) is 0. The van der Waals surface area contributed by atoms with Crippen LogP contribution >= 0.6 is 0 Å². The van der Waals surface area contributed by atoms with Gasteiger partial charge in [0.15, 0.2) is 0 Å². The second-order valence-corrected chi connectivity index (χ2v) is 4.85. The molecular formula is C13H26N2O2. The first-order chi connectivity index (χ1) is 8.17. The number of β-amino-alcohol motifs (C(OH)–C–C–N with tert-alkyl or cyclic N) is 1. The van der Waals surface area contributed by atoms with Crippen LogP contribution in [0.5, 0.6) is 0 Å². The van der Waals surface area contributed by atoms with Gasteiger partial charge in [0.25, 0.3) is 0 Å². The number of carbonyl (C=O) groups excluding carboxylic acids is 1. The highest BCUT2D eigenvalue weighted by atomic mass is 16.3. The van der Waals surface area contributed by atoms with Crippen LogP contribution in [0.25, 0.3) is 0 Å². The molecule has 0 aliphatic carbocycles. The van der Waals surface area contributed by atoms with Crippen molar-refractivity contribution in [1.82, 2.24) is 9.80 Å². The van der Waals surface area contributed by atoms with Gasteiger partial charge in [-0.05, 0) is 25.8 Å². The van der Waals surface area contributed by atoms with E-state index in [4.69, 9.17) is 0 Å². The zero-order valence-electron chi connectivity index (χ0n) is 11.2. The Hall–Kier alpha value is -0.610. The van der Waals surface area contributed by atoms with E-state index in [-0.39, 0.29) is 12.0 Å². The van der Waals surface area contributed by atoms with Gasteiger partial charge in [0.2, 0.25) is 5.91 Å². The van der Waals surface area contributed by atoms with Crippen molar-refractivity contribution in [3.63, 3.8) is 0 Å². The minimum Gasteiger partial charge on any atom is -0.392 e. The molecule has 0 saturated carbocycles. The van der Waals surface area contributed by atoms with Crippen LogP contribution in [-0.2, 0) is 4.79 Å². The quantitative estimate of drug-likeness (QED) is 0.785. The summed E-state index contributed by atoms with van der Waals surface area (Å²) < 4.78 is 0. The van der Waals surface area contributed by atoms with Crippen molar-refractivity contribution >= 4 is 5.91 Å². The van der Waals surface area contributed by atoms with E-state index in [1.54, 1.807) is 0 Å². The molecular weight excluding hydrogens is 216 g/mol. The van der Waals surface area contributed by atoms with Gasteiger partial charge in [-0.2, -0.15) is 0 Å². The van der Waals surface area contributed by atoms with E-state index in [2.05, 4.69) is 4.90 Å². The number of nitrogens with zero attached hydrogens (tertiary/aromatic N) is 2. The van der Waals surface area contributed by atoms with Gasteiger partial charge in [-0.3, -0.25) is 9.69 Å². The molecule has 0 aromatic heterocycles. The lowest BCUT2D eigenvalue weighted by atomic mass is 10.2. The second-order valence-electron chi connectivity index (χ2n) is 4.85. The molecule has 1 N–H and O–H groups in total. The van der Waals surface area contributed by atoms with Crippen LogP contribution in [0, 0.1) is 0 Å². The molecule has 1 amide bonds. The molecule has 100 valence electrons. The Bertz CT molecular complexity index is 233. The largest absolute Gasteiger partial charge is 0.392 e. The van der Waals surface area contributed by atoms with Gasteiger partial charge in [0.05, 0.1) is 6.10 Å². The highest BCUT2D eigenvalue weighted by Crippen LogP contribution is 2.07. The van der Waals surface area contributed by atoms with Gasteiger partial charge >= 0.3 is 0 Å². The molecule has 0 aromatic rings. The van der Waals surface area contributed by atoms with Gasteiger partial charge in [-0.15, -0.1) is 0 Å². The Morgan fingerprint density at radius 3 is 2.65 bits per heavy atom. The van der Waals surface area contributed by atoms with Gasteiger partial charge < -0.3 is 10.0 Å². The number of hydrogen-bond acceptors (Lipinski definition) is 3. The molecule has 0 spiro atoms. The van der Waals surface area contributed by atoms with Crippen LogP contribution in [0.4, 0.5) is 0 Å². The molecule has 0 radical (unpaired) electrons. The highest BCUT2D eigenvalue weighted by molar-refractivity contribution is 5.76. The molecule has 1 rings (SSSR count). The zero-order chi connectivity index (χ0) is 12.7. The van der Waals surface area contributed by atoms with E-state index in [9.17, 15) is 9.90 Å². The number of carbonyl (C=O) groups is 1.